The standard InChI is InChI=1S/C18H26N2O2/c1-4-19(13-15-9-6-5-7-10-15)18(22)16-11-8-12-20(16)17(21)14(2)3/h5-7,9-10,14,16H,4,8,11-13H2,1-3H3. The van der Waals surface area contributed by atoms with E-state index in [-0.39, 0.29) is 23.8 Å². The van der Waals surface area contributed by atoms with E-state index in [4.69, 9.17) is 0 Å². The van der Waals surface area contributed by atoms with Crippen molar-refractivity contribution in [1.29, 1.82) is 0 Å². The molecule has 2 amide bonds. The number of amides is 2. The molecule has 1 saturated heterocycles. The Bertz CT molecular complexity index is 513. The molecule has 1 aliphatic heterocycles. The van der Waals surface area contributed by atoms with Crippen LogP contribution in [0.1, 0.15) is 39.2 Å². The van der Waals surface area contributed by atoms with Crippen LogP contribution in [0.4, 0.5) is 0 Å². The number of carbonyl (C=O) groups is 2. The molecule has 1 aliphatic rings. The first-order valence-electron chi connectivity index (χ1n) is 8.17. The van der Waals surface area contributed by atoms with Crippen molar-refractivity contribution in [3.63, 3.8) is 0 Å². The number of likely N-dealkylation sites (tertiary alicyclic amines) is 1. The fraction of sp³-hybridized carbons (Fsp3) is 0.556. The first kappa shape index (κ1) is 16.5. The van der Waals surface area contributed by atoms with E-state index in [9.17, 15) is 9.59 Å². The Labute approximate surface area is 133 Å². The molecule has 0 aliphatic carbocycles. The van der Waals surface area contributed by atoms with Gasteiger partial charge in [-0.05, 0) is 25.3 Å². The molecule has 1 aromatic rings. The Kier molecular flexibility index (Phi) is 5.58. The molecule has 1 unspecified atom stereocenters. The molecular formula is C18H26N2O2. The van der Waals surface area contributed by atoms with E-state index >= 15 is 0 Å². The van der Waals surface area contributed by atoms with Crippen molar-refractivity contribution in [2.75, 3.05) is 13.1 Å². The Balaban J connectivity index is 2.09. The second kappa shape index (κ2) is 7.43. The molecule has 1 atom stereocenters. The molecule has 0 saturated carbocycles. The van der Waals surface area contributed by atoms with E-state index in [2.05, 4.69) is 0 Å². The van der Waals surface area contributed by atoms with Crippen LogP contribution in [0, 0.1) is 5.92 Å². The monoisotopic (exact) mass is 302 g/mol. The molecule has 2 rings (SSSR count). The largest absolute Gasteiger partial charge is 0.337 e. The third-order valence-corrected chi connectivity index (χ3v) is 4.22. The zero-order valence-corrected chi connectivity index (χ0v) is 13.8. The Morgan fingerprint density at radius 2 is 1.95 bits per heavy atom. The van der Waals surface area contributed by atoms with Crippen LogP contribution in [0.5, 0.6) is 0 Å². The van der Waals surface area contributed by atoms with Crippen LogP contribution in [0.2, 0.25) is 0 Å². The summed E-state index contributed by atoms with van der Waals surface area (Å²) in [5, 5.41) is 0. The number of benzene rings is 1. The normalized spacial score (nSPS) is 17.8. The SMILES string of the molecule is CCN(Cc1ccccc1)C(=O)C1CCCN1C(=O)C(C)C. The quantitative estimate of drug-likeness (QED) is 0.839. The van der Waals surface area contributed by atoms with Crippen molar-refractivity contribution < 1.29 is 9.59 Å². The smallest absolute Gasteiger partial charge is 0.245 e. The summed E-state index contributed by atoms with van der Waals surface area (Å²) in [4.78, 5) is 28.8. The van der Waals surface area contributed by atoms with Crippen LogP contribution < -0.4 is 0 Å². The van der Waals surface area contributed by atoms with E-state index in [1.54, 1.807) is 4.90 Å². The summed E-state index contributed by atoms with van der Waals surface area (Å²) in [6, 6.07) is 9.72. The van der Waals surface area contributed by atoms with Gasteiger partial charge in [-0.2, -0.15) is 0 Å². The van der Waals surface area contributed by atoms with E-state index in [0.717, 1.165) is 18.4 Å². The Morgan fingerprint density at radius 1 is 1.27 bits per heavy atom. The van der Waals surface area contributed by atoms with Gasteiger partial charge in [0.25, 0.3) is 0 Å². The predicted molar refractivity (Wildman–Crippen MR) is 87.1 cm³/mol. The topological polar surface area (TPSA) is 40.6 Å². The zero-order chi connectivity index (χ0) is 16.1. The molecule has 1 fully saturated rings. The number of hydrogen-bond donors (Lipinski definition) is 0. The lowest BCUT2D eigenvalue weighted by atomic mass is 10.1. The van der Waals surface area contributed by atoms with Gasteiger partial charge in [-0.15, -0.1) is 0 Å². The minimum Gasteiger partial charge on any atom is -0.337 e. The summed E-state index contributed by atoms with van der Waals surface area (Å²) < 4.78 is 0. The van der Waals surface area contributed by atoms with Crippen molar-refractivity contribution in [3.05, 3.63) is 35.9 Å². The van der Waals surface area contributed by atoms with Crippen molar-refractivity contribution >= 4 is 11.8 Å². The molecule has 4 heteroatoms. The fourth-order valence-corrected chi connectivity index (χ4v) is 2.98. The van der Waals surface area contributed by atoms with Gasteiger partial charge in [-0.1, -0.05) is 44.2 Å². The number of nitrogens with zero attached hydrogens (tertiary/aromatic N) is 2. The average molecular weight is 302 g/mol. The molecule has 1 aromatic carbocycles. The van der Waals surface area contributed by atoms with E-state index in [0.29, 0.717) is 19.6 Å². The van der Waals surface area contributed by atoms with Gasteiger partial charge in [-0.25, -0.2) is 0 Å². The van der Waals surface area contributed by atoms with Crippen molar-refractivity contribution in [1.82, 2.24) is 9.80 Å². The summed E-state index contributed by atoms with van der Waals surface area (Å²) in [5.74, 6) is 0.113. The van der Waals surface area contributed by atoms with Crippen LogP contribution in [0.15, 0.2) is 30.3 Å². The third kappa shape index (κ3) is 3.67. The van der Waals surface area contributed by atoms with Gasteiger partial charge in [0.2, 0.25) is 11.8 Å². The molecule has 0 N–H and O–H groups in total. The highest BCUT2D eigenvalue weighted by atomic mass is 16.2. The fourth-order valence-electron chi connectivity index (χ4n) is 2.98. The second-order valence-corrected chi connectivity index (χ2v) is 6.18. The van der Waals surface area contributed by atoms with E-state index in [1.165, 1.54) is 0 Å². The summed E-state index contributed by atoms with van der Waals surface area (Å²) >= 11 is 0. The van der Waals surface area contributed by atoms with Gasteiger partial charge in [0.05, 0.1) is 0 Å². The highest BCUT2D eigenvalue weighted by Gasteiger charge is 2.36. The highest BCUT2D eigenvalue weighted by Crippen LogP contribution is 2.22. The summed E-state index contributed by atoms with van der Waals surface area (Å²) in [6.45, 7) is 7.75. The third-order valence-electron chi connectivity index (χ3n) is 4.22. The number of carbonyl (C=O) groups excluding carboxylic acids is 2. The molecule has 120 valence electrons. The summed E-state index contributed by atoms with van der Waals surface area (Å²) in [6.07, 6.45) is 1.69. The van der Waals surface area contributed by atoms with Gasteiger partial charge in [0.15, 0.2) is 0 Å². The molecule has 0 bridgehead atoms. The lowest BCUT2D eigenvalue weighted by Gasteiger charge is -2.30. The first-order chi connectivity index (χ1) is 10.5. The van der Waals surface area contributed by atoms with Crippen molar-refractivity contribution in [2.45, 2.75) is 46.2 Å². The maximum absolute atomic E-state index is 12.9. The summed E-state index contributed by atoms with van der Waals surface area (Å²) in [7, 11) is 0. The van der Waals surface area contributed by atoms with Gasteiger partial charge in [0, 0.05) is 25.6 Å². The zero-order valence-electron chi connectivity index (χ0n) is 13.8. The number of likely N-dealkylation sites (N-methyl/N-ethyl adjacent to an activating group) is 1. The van der Waals surface area contributed by atoms with Crippen LogP contribution >= 0.6 is 0 Å². The van der Waals surface area contributed by atoms with Crippen LogP contribution in [-0.2, 0) is 16.1 Å². The number of hydrogen-bond acceptors (Lipinski definition) is 2. The van der Waals surface area contributed by atoms with E-state index in [1.807, 2.05) is 56.0 Å². The molecule has 1 heterocycles. The van der Waals surface area contributed by atoms with Gasteiger partial charge in [-0.3, -0.25) is 9.59 Å². The average Bonchev–Trinajstić information content (AvgIpc) is 3.01. The maximum Gasteiger partial charge on any atom is 0.245 e. The van der Waals surface area contributed by atoms with Crippen molar-refractivity contribution in [3.8, 4) is 0 Å². The van der Waals surface area contributed by atoms with Crippen molar-refractivity contribution in [2.24, 2.45) is 5.92 Å². The van der Waals surface area contributed by atoms with Crippen LogP contribution in [0.3, 0.4) is 0 Å². The summed E-state index contributed by atoms with van der Waals surface area (Å²) in [5.41, 5.74) is 1.12. The Hall–Kier alpha value is -1.84. The lowest BCUT2D eigenvalue weighted by molar-refractivity contribution is -0.145. The minimum atomic E-state index is -0.279. The second-order valence-electron chi connectivity index (χ2n) is 6.18. The lowest BCUT2D eigenvalue weighted by Crippen LogP contribution is -2.48. The number of rotatable bonds is 5. The molecular weight excluding hydrogens is 276 g/mol. The molecule has 0 aromatic heterocycles. The molecule has 0 spiro atoms. The minimum absolute atomic E-state index is 0.0578. The van der Waals surface area contributed by atoms with Crippen LogP contribution in [-0.4, -0.2) is 40.7 Å². The first-order valence-corrected chi connectivity index (χ1v) is 8.17. The predicted octanol–water partition coefficient (Wildman–Crippen LogP) is 2.68. The van der Waals surface area contributed by atoms with Crippen LogP contribution in [0.25, 0.3) is 0 Å². The Morgan fingerprint density at radius 3 is 2.55 bits per heavy atom. The highest BCUT2D eigenvalue weighted by molar-refractivity contribution is 5.89. The van der Waals surface area contributed by atoms with Gasteiger partial charge in [0.1, 0.15) is 6.04 Å². The van der Waals surface area contributed by atoms with E-state index < -0.39 is 0 Å². The molecule has 4 nitrogen and oxygen atoms in total. The molecule has 22 heavy (non-hydrogen) atoms. The van der Waals surface area contributed by atoms with Gasteiger partial charge >= 0.3 is 0 Å². The molecule has 0 radical (unpaired) electrons. The maximum atomic E-state index is 12.9. The van der Waals surface area contributed by atoms with Gasteiger partial charge < -0.3 is 9.80 Å².